The standard InChI is InChI=1S/2C12H16O5.C11H14O3.C10H12O3.C9H10O3/c1-15-9-6-4-8(5-7-10(13)14)11(16-2)12(9)17-3;1-15-9-6-8(4-5-11(13)14)7-10(16-2)12(9)17-3;1-14-10-7-5-9(6-8-10)3-2-4-11(12)13;1-13-9-5-2-8(3-6-9)4-7-10(11)12;1-12-8-5-3-2-4-7(8)6-9(10)11/h4,6H,5,7H2,1-3H3,(H,13,14);6-7H,4-5H2,1-3H3,(H,13,14);5-8H,2-4H2,1H3,(H,12,13);2-3,5-6H,4,7H2,1H3,(H,11,12);2-5H,6H2,1H3,(H,10,11). The van der Waals surface area contributed by atoms with Crippen molar-refractivity contribution >= 4 is 29.8 Å². The number of aliphatic carboxylic acids is 5. The van der Waals surface area contributed by atoms with Crippen LogP contribution in [0.1, 0.15) is 59.9 Å². The summed E-state index contributed by atoms with van der Waals surface area (Å²) in [6.07, 6.45) is 3.38. The second-order valence-electron chi connectivity index (χ2n) is 15.0. The zero-order valence-electron chi connectivity index (χ0n) is 42.8. The van der Waals surface area contributed by atoms with Gasteiger partial charge in [-0.15, -0.1) is 0 Å². The molecule has 0 aliphatic carbocycles. The fraction of sp³-hybridized carbons (Fsp3) is 0.352. The molecule has 73 heavy (non-hydrogen) atoms. The van der Waals surface area contributed by atoms with E-state index in [1.807, 2.05) is 54.6 Å². The van der Waals surface area contributed by atoms with Crippen molar-refractivity contribution in [2.24, 2.45) is 0 Å². The molecule has 0 amide bonds. The van der Waals surface area contributed by atoms with E-state index in [4.69, 9.17) is 68.2 Å². The van der Waals surface area contributed by atoms with Crippen LogP contribution >= 0.6 is 0 Å². The lowest BCUT2D eigenvalue weighted by molar-refractivity contribution is -0.138. The second kappa shape index (κ2) is 35.7. The van der Waals surface area contributed by atoms with Crippen LogP contribution in [0.4, 0.5) is 0 Å². The van der Waals surface area contributed by atoms with Crippen LogP contribution in [0.5, 0.6) is 51.7 Å². The predicted molar refractivity (Wildman–Crippen MR) is 271 cm³/mol. The van der Waals surface area contributed by atoms with Gasteiger partial charge in [0, 0.05) is 31.2 Å². The molecule has 0 unspecified atom stereocenters. The van der Waals surface area contributed by atoms with Gasteiger partial charge in [-0.2, -0.15) is 0 Å². The predicted octanol–water partition coefficient (Wildman–Crippen LogP) is 8.60. The third kappa shape index (κ3) is 24.9. The molecule has 5 aromatic rings. The summed E-state index contributed by atoms with van der Waals surface area (Å²) in [6.45, 7) is 0. The van der Waals surface area contributed by atoms with E-state index in [0.29, 0.717) is 71.5 Å². The lowest BCUT2D eigenvalue weighted by atomic mass is 10.1. The van der Waals surface area contributed by atoms with Crippen molar-refractivity contribution in [2.45, 2.75) is 64.2 Å². The number of carbonyl (C=O) groups is 5. The number of ether oxygens (including phenoxy) is 9. The van der Waals surface area contributed by atoms with Crippen molar-refractivity contribution in [1.82, 2.24) is 0 Å². The van der Waals surface area contributed by atoms with Gasteiger partial charge in [-0.3, -0.25) is 24.0 Å². The molecule has 0 spiro atoms. The van der Waals surface area contributed by atoms with Crippen LogP contribution in [-0.4, -0.2) is 119 Å². The molecule has 0 radical (unpaired) electrons. The number of benzene rings is 5. The van der Waals surface area contributed by atoms with Gasteiger partial charge in [-0.05, 0) is 103 Å². The Kier molecular flexibility index (Phi) is 30.6. The number of carboxylic acids is 5. The number of hydrogen-bond acceptors (Lipinski definition) is 14. The molecule has 398 valence electrons. The molecule has 0 heterocycles. The van der Waals surface area contributed by atoms with Gasteiger partial charge in [0.2, 0.25) is 11.5 Å². The zero-order valence-corrected chi connectivity index (χ0v) is 42.8. The van der Waals surface area contributed by atoms with E-state index >= 15 is 0 Å². The van der Waals surface area contributed by atoms with Gasteiger partial charge in [-0.25, -0.2) is 0 Å². The molecule has 5 aromatic carbocycles. The second-order valence-corrected chi connectivity index (χ2v) is 15.0. The van der Waals surface area contributed by atoms with E-state index in [9.17, 15) is 24.0 Å². The fourth-order valence-corrected chi connectivity index (χ4v) is 6.42. The van der Waals surface area contributed by atoms with E-state index in [2.05, 4.69) is 0 Å². The topological polar surface area (TPSA) is 270 Å². The molecule has 5 rings (SSSR count). The number of carboxylic acid groups (broad SMARTS) is 5. The minimum absolute atomic E-state index is 0.00398. The highest BCUT2D eigenvalue weighted by Gasteiger charge is 2.17. The number of methoxy groups -OCH3 is 9. The van der Waals surface area contributed by atoms with Gasteiger partial charge in [0.1, 0.15) is 17.2 Å². The van der Waals surface area contributed by atoms with E-state index in [0.717, 1.165) is 40.2 Å². The van der Waals surface area contributed by atoms with E-state index in [1.54, 1.807) is 56.7 Å². The molecule has 19 nitrogen and oxygen atoms in total. The first-order valence-electron chi connectivity index (χ1n) is 22.5. The summed E-state index contributed by atoms with van der Waals surface area (Å²) in [7, 11) is 13.9. The third-order valence-corrected chi connectivity index (χ3v) is 10.1. The van der Waals surface area contributed by atoms with Crippen molar-refractivity contribution in [1.29, 1.82) is 0 Å². The summed E-state index contributed by atoms with van der Waals surface area (Å²) in [6, 6.07) is 29.2. The Morgan fingerprint density at radius 3 is 1.18 bits per heavy atom. The third-order valence-electron chi connectivity index (χ3n) is 10.1. The summed E-state index contributed by atoms with van der Waals surface area (Å²) >= 11 is 0. The van der Waals surface area contributed by atoms with Crippen molar-refractivity contribution < 1.29 is 92.1 Å². The molecule has 0 aromatic heterocycles. The van der Waals surface area contributed by atoms with Crippen molar-refractivity contribution in [2.75, 3.05) is 64.0 Å². The van der Waals surface area contributed by atoms with Gasteiger partial charge >= 0.3 is 29.8 Å². The first-order chi connectivity index (χ1) is 34.9. The maximum absolute atomic E-state index is 10.6. The van der Waals surface area contributed by atoms with Crippen LogP contribution in [0, 0.1) is 0 Å². The first kappa shape index (κ1) is 62.7. The van der Waals surface area contributed by atoms with Crippen LogP contribution in [0.2, 0.25) is 0 Å². The van der Waals surface area contributed by atoms with Crippen LogP contribution in [0.3, 0.4) is 0 Å². The van der Waals surface area contributed by atoms with E-state index in [-0.39, 0.29) is 32.1 Å². The van der Waals surface area contributed by atoms with Gasteiger partial charge in [0.15, 0.2) is 23.0 Å². The monoisotopic (exact) mass is 1020 g/mol. The van der Waals surface area contributed by atoms with Gasteiger partial charge in [0.25, 0.3) is 0 Å². The molecule has 0 aliphatic rings. The summed E-state index contributed by atoms with van der Waals surface area (Å²) in [5.41, 5.74) is 4.48. The van der Waals surface area contributed by atoms with Crippen LogP contribution in [0.15, 0.2) is 97.1 Å². The maximum atomic E-state index is 10.6. The average Bonchev–Trinajstić information content (AvgIpc) is 3.39. The van der Waals surface area contributed by atoms with Crippen molar-refractivity contribution in [3.8, 4) is 51.7 Å². The zero-order chi connectivity index (χ0) is 54.7. The summed E-state index contributed by atoms with van der Waals surface area (Å²) < 4.78 is 46.1. The van der Waals surface area contributed by atoms with Gasteiger partial charge < -0.3 is 68.2 Å². The molecule has 0 bridgehead atoms. The Morgan fingerprint density at radius 1 is 0.342 bits per heavy atom. The fourth-order valence-electron chi connectivity index (χ4n) is 6.42. The largest absolute Gasteiger partial charge is 0.497 e. The highest BCUT2D eigenvalue weighted by Crippen LogP contribution is 2.40. The van der Waals surface area contributed by atoms with Crippen LogP contribution in [0.25, 0.3) is 0 Å². The molecule has 0 saturated carbocycles. The summed E-state index contributed by atoms with van der Waals surface area (Å²) in [4.78, 5) is 52.0. The van der Waals surface area contributed by atoms with E-state index in [1.165, 1.54) is 49.8 Å². The number of para-hydroxylation sites is 1. The summed E-state index contributed by atoms with van der Waals surface area (Å²) in [5, 5.41) is 42.7. The number of aryl methyl sites for hydroxylation is 4. The lowest BCUT2D eigenvalue weighted by Crippen LogP contribution is -2.02. The molecule has 0 fully saturated rings. The highest BCUT2D eigenvalue weighted by molar-refractivity contribution is 5.71. The van der Waals surface area contributed by atoms with Gasteiger partial charge in [0.05, 0.1) is 70.4 Å². The average molecular weight is 1020 g/mol. The Balaban J connectivity index is 0.000000459. The molecule has 0 saturated heterocycles. The lowest BCUT2D eigenvalue weighted by Gasteiger charge is -2.15. The SMILES string of the molecule is COc1cc(CCC(=O)O)cc(OC)c1OC.COc1ccc(CCC(=O)O)c(OC)c1OC.COc1ccc(CCC(=O)O)cc1.COc1ccc(CCCC(=O)O)cc1.COc1ccccc1CC(=O)O. The Bertz CT molecular complexity index is 2410. The molecule has 0 aliphatic heterocycles. The minimum atomic E-state index is -0.848. The number of rotatable bonds is 24. The van der Waals surface area contributed by atoms with Gasteiger partial charge in [-0.1, -0.05) is 48.5 Å². The molecule has 0 atom stereocenters. The number of hydrogen-bond donors (Lipinski definition) is 5. The van der Waals surface area contributed by atoms with Crippen LogP contribution in [-0.2, 0) is 56.1 Å². The Labute approximate surface area is 425 Å². The first-order valence-corrected chi connectivity index (χ1v) is 22.5. The molecule has 19 heteroatoms. The minimum Gasteiger partial charge on any atom is -0.497 e. The molecular weight excluding hydrogens is 953 g/mol. The maximum Gasteiger partial charge on any atom is 0.307 e. The smallest absolute Gasteiger partial charge is 0.307 e. The summed E-state index contributed by atoms with van der Waals surface area (Å²) in [5.74, 6) is 1.35. The van der Waals surface area contributed by atoms with Crippen molar-refractivity contribution in [3.63, 3.8) is 0 Å². The highest BCUT2D eigenvalue weighted by atomic mass is 16.5. The molecule has 5 N–H and O–H groups in total. The van der Waals surface area contributed by atoms with Crippen molar-refractivity contribution in [3.05, 3.63) is 125 Å². The quantitative estimate of drug-likeness (QED) is 0.0387. The Morgan fingerprint density at radius 2 is 0.767 bits per heavy atom. The normalized spacial score (nSPS) is 9.71. The Hall–Kier alpha value is -8.35. The molecular formula is C54H68O19. The van der Waals surface area contributed by atoms with Crippen LogP contribution < -0.4 is 42.6 Å². The van der Waals surface area contributed by atoms with E-state index < -0.39 is 29.8 Å².